The molecule has 1 heteroatoms. The van der Waals surface area contributed by atoms with Gasteiger partial charge >= 0.3 is 0 Å². The molecule has 0 aromatic rings. The third kappa shape index (κ3) is 2.46. The Kier molecular flexibility index (Phi) is 3.91. The summed E-state index contributed by atoms with van der Waals surface area (Å²) in [5.74, 6) is 4.10. The third-order valence-corrected chi connectivity index (χ3v) is 2.72. The van der Waals surface area contributed by atoms with Crippen LogP contribution in [0.4, 0.5) is 0 Å². The van der Waals surface area contributed by atoms with E-state index in [-0.39, 0.29) is 0 Å². The Morgan fingerprint density at radius 3 is 2.57 bits per heavy atom. The van der Waals surface area contributed by atoms with E-state index in [0.29, 0.717) is 11.8 Å². The van der Waals surface area contributed by atoms with Crippen LogP contribution in [0.1, 0.15) is 34.1 Å². The summed E-state index contributed by atoms with van der Waals surface area (Å²) >= 11 is 0. The Morgan fingerprint density at radius 1 is 1.29 bits per heavy atom. The normalized spacial score (nSPS) is 17.8. The Morgan fingerprint density at radius 2 is 2.00 bits per heavy atom. The van der Waals surface area contributed by atoms with Crippen LogP contribution in [0.15, 0.2) is 34.5 Å². The summed E-state index contributed by atoms with van der Waals surface area (Å²) in [4.78, 5) is 4.04. The maximum atomic E-state index is 4.04. The Hall–Kier alpha value is -1.07. The first-order valence-electron chi connectivity index (χ1n) is 5.36. The van der Waals surface area contributed by atoms with Gasteiger partial charge in [-0.3, -0.25) is 0 Å². The fraction of sp³-hybridized carbons (Fsp3) is 0.538. The quantitative estimate of drug-likeness (QED) is 0.641. The van der Waals surface area contributed by atoms with Crippen molar-refractivity contribution in [3.63, 3.8) is 0 Å². The molecule has 0 aliphatic carbocycles. The van der Waals surface area contributed by atoms with E-state index in [1.807, 2.05) is 12.3 Å². The molecule has 1 heterocycles. The Balaban J connectivity index is 3.12. The summed E-state index contributed by atoms with van der Waals surface area (Å²) in [6.07, 6.45) is 7.14. The highest BCUT2D eigenvalue weighted by Crippen LogP contribution is 2.25. The molecule has 0 radical (unpaired) electrons. The van der Waals surface area contributed by atoms with E-state index >= 15 is 0 Å². The zero-order valence-electron chi connectivity index (χ0n) is 9.54. The second-order valence-electron chi connectivity index (χ2n) is 4.09. The van der Waals surface area contributed by atoms with Crippen LogP contribution in [0.2, 0.25) is 0 Å². The van der Waals surface area contributed by atoms with Gasteiger partial charge in [0.2, 0.25) is 0 Å². The minimum Gasteiger partial charge on any atom is -0.214 e. The molecule has 0 aromatic heterocycles. The van der Waals surface area contributed by atoms with E-state index in [9.17, 15) is 0 Å². The molecule has 1 aliphatic rings. The Bertz CT molecular complexity index is 312. The molecule has 1 atom stereocenters. The van der Waals surface area contributed by atoms with Crippen LogP contribution in [0.3, 0.4) is 0 Å². The lowest BCUT2D eigenvalue weighted by Crippen LogP contribution is -2.03. The van der Waals surface area contributed by atoms with Crippen molar-refractivity contribution >= 4 is 5.87 Å². The van der Waals surface area contributed by atoms with E-state index in [0.717, 1.165) is 6.42 Å². The average Bonchev–Trinajstić information content (AvgIpc) is 2.41. The average molecular weight is 189 g/mol. The molecule has 76 valence electrons. The minimum atomic E-state index is 0.557. The summed E-state index contributed by atoms with van der Waals surface area (Å²) in [6, 6.07) is 0. The Labute approximate surface area is 86.9 Å². The largest absolute Gasteiger partial charge is 0.214 e. The van der Waals surface area contributed by atoms with Gasteiger partial charge < -0.3 is 0 Å². The first kappa shape index (κ1) is 11.0. The fourth-order valence-electron chi connectivity index (χ4n) is 1.62. The minimum absolute atomic E-state index is 0.557. The standard InChI is InChI=1S/C13H19N/c1-5-11(4)13-7-9-14-8-6-12(13)10(2)3/h6-8,10-11H,5H2,1-4H3. The van der Waals surface area contributed by atoms with Crippen molar-refractivity contribution in [2.75, 3.05) is 0 Å². The molecule has 0 saturated carbocycles. The van der Waals surface area contributed by atoms with Crippen LogP contribution >= 0.6 is 0 Å². The van der Waals surface area contributed by atoms with Gasteiger partial charge in [-0.25, -0.2) is 4.99 Å². The van der Waals surface area contributed by atoms with Crippen molar-refractivity contribution in [2.45, 2.75) is 34.1 Å². The molecular weight excluding hydrogens is 170 g/mol. The summed E-state index contributed by atoms with van der Waals surface area (Å²) < 4.78 is 0. The van der Waals surface area contributed by atoms with E-state index in [2.05, 4.69) is 44.6 Å². The van der Waals surface area contributed by atoms with Crippen molar-refractivity contribution in [2.24, 2.45) is 16.8 Å². The van der Waals surface area contributed by atoms with Gasteiger partial charge in [0.25, 0.3) is 0 Å². The number of aliphatic imine (C=N–C) groups is 1. The van der Waals surface area contributed by atoms with Crippen LogP contribution in [0.25, 0.3) is 0 Å². The summed E-state index contributed by atoms with van der Waals surface area (Å²) in [5.41, 5.74) is 2.79. The van der Waals surface area contributed by atoms with E-state index < -0.39 is 0 Å². The van der Waals surface area contributed by atoms with Crippen LogP contribution in [-0.4, -0.2) is 5.87 Å². The summed E-state index contributed by atoms with van der Waals surface area (Å²) in [6.45, 7) is 8.92. The molecule has 0 bridgehead atoms. The second-order valence-corrected chi connectivity index (χ2v) is 4.09. The van der Waals surface area contributed by atoms with Crippen molar-refractivity contribution in [1.29, 1.82) is 0 Å². The lowest BCUT2D eigenvalue weighted by atomic mass is 9.88. The topological polar surface area (TPSA) is 12.4 Å². The van der Waals surface area contributed by atoms with Gasteiger partial charge in [0.1, 0.15) is 0 Å². The molecule has 14 heavy (non-hydrogen) atoms. The molecule has 1 rings (SSSR count). The number of hydrogen-bond donors (Lipinski definition) is 0. The maximum absolute atomic E-state index is 4.04. The first-order chi connectivity index (χ1) is 6.66. The van der Waals surface area contributed by atoms with Crippen LogP contribution in [0.5, 0.6) is 0 Å². The lowest BCUT2D eigenvalue weighted by molar-refractivity contribution is 0.647. The van der Waals surface area contributed by atoms with Crippen LogP contribution in [0, 0.1) is 11.8 Å². The van der Waals surface area contributed by atoms with Crippen molar-refractivity contribution in [1.82, 2.24) is 0 Å². The maximum Gasteiger partial charge on any atom is 0.0371 e. The first-order valence-corrected chi connectivity index (χ1v) is 5.36. The predicted octanol–water partition coefficient (Wildman–Crippen LogP) is 3.74. The monoisotopic (exact) mass is 189 g/mol. The molecule has 0 fully saturated rings. The zero-order chi connectivity index (χ0) is 10.6. The van der Waals surface area contributed by atoms with Crippen molar-refractivity contribution in [3.8, 4) is 0 Å². The molecule has 1 nitrogen and oxygen atoms in total. The number of nitrogens with zero attached hydrogens (tertiary/aromatic N) is 1. The van der Waals surface area contributed by atoms with Gasteiger partial charge in [-0.2, -0.15) is 0 Å². The number of hydrogen-bond acceptors (Lipinski definition) is 1. The molecule has 1 aliphatic heterocycles. The predicted molar refractivity (Wildman–Crippen MR) is 62.5 cm³/mol. The van der Waals surface area contributed by atoms with Crippen molar-refractivity contribution < 1.29 is 0 Å². The van der Waals surface area contributed by atoms with Crippen molar-refractivity contribution in [3.05, 3.63) is 29.5 Å². The van der Waals surface area contributed by atoms with Gasteiger partial charge in [-0.15, -0.1) is 0 Å². The second kappa shape index (κ2) is 4.97. The van der Waals surface area contributed by atoms with E-state index in [4.69, 9.17) is 0 Å². The number of allylic oxidation sites excluding steroid dienone is 4. The van der Waals surface area contributed by atoms with E-state index in [1.54, 1.807) is 0 Å². The van der Waals surface area contributed by atoms with Gasteiger partial charge in [-0.1, -0.05) is 27.7 Å². The van der Waals surface area contributed by atoms with Gasteiger partial charge in [0.05, 0.1) is 0 Å². The highest BCUT2D eigenvalue weighted by atomic mass is 14.6. The molecule has 1 unspecified atom stereocenters. The smallest absolute Gasteiger partial charge is 0.0371 e. The molecule has 0 aromatic carbocycles. The zero-order valence-corrected chi connectivity index (χ0v) is 9.54. The SMILES string of the molecule is CCC(C)C1=C(C(C)C)C=CN=C=C1. The summed E-state index contributed by atoms with van der Waals surface area (Å²) in [7, 11) is 0. The highest BCUT2D eigenvalue weighted by Gasteiger charge is 2.12. The van der Waals surface area contributed by atoms with Gasteiger partial charge in [0, 0.05) is 12.3 Å². The fourth-order valence-corrected chi connectivity index (χ4v) is 1.62. The van der Waals surface area contributed by atoms with Gasteiger partial charge in [0.15, 0.2) is 0 Å². The number of rotatable bonds is 3. The van der Waals surface area contributed by atoms with Crippen LogP contribution in [-0.2, 0) is 0 Å². The molecule has 0 N–H and O–H groups in total. The molecule has 0 saturated heterocycles. The third-order valence-electron chi connectivity index (χ3n) is 2.72. The van der Waals surface area contributed by atoms with E-state index in [1.165, 1.54) is 11.1 Å². The lowest BCUT2D eigenvalue weighted by Gasteiger charge is -2.16. The summed E-state index contributed by atoms with van der Waals surface area (Å²) in [5, 5.41) is 0. The van der Waals surface area contributed by atoms with Crippen LogP contribution < -0.4 is 0 Å². The van der Waals surface area contributed by atoms with Gasteiger partial charge in [-0.05, 0) is 41.3 Å². The molecule has 0 amide bonds. The molecular formula is C13H19N. The molecule has 0 spiro atoms. The highest BCUT2D eigenvalue weighted by molar-refractivity contribution is 5.61.